The van der Waals surface area contributed by atoms with Crippen molar-refractivity contribution in [3.63, 3.8) is 0 Å². The van der Waals surface area contributed by atoms with Crippen LogP contribution in [0.1, 0.15) is 93.7 Å². The zero-order chi connectivity index (χ0) is 35.9. The van der Waals surface area contributed by atoms with Crippen molar-refractivity contribution < 1.29 is 38.8 Å². The molecular weight excluding hydrogens is 640 g/mol. The van der Waals surface area contributed by atoms with Crippen molar-refractivity contribution in [1.82, 2.24) is 15.0 Å². The van der Waals surface area contributed by atoms with Crippen molar-refractivity contribution in [2.24, 2.45) is 22.9 Å². The van der Waals surface area contributed by atoms with E-state index in [0.29, 0.717) is 36.7 Å². The lowest BCUT2D eigenvalue weighted by atomic mass is 9.55. The summed E-state index contributed by atoms with van der Waals surface area (Å²) in [5.74, 6) is -1.04. The summed E-state index contributed by atoms with van der Waals surface area (Å²) in [7, 11) is 1.32. The van der Waals surface area contributed by atoms with Gasteiger partial charge >= 0.3 is 5.97 Å². The summed E-state index contributed by atoms with van der Waals surface area (Å²) in [6, 6.07) is 5.12. The molecule has 12 heteroatoms. The zero-order valence-electron chi connectivity index (χ0n) is 29.8. The van der Waals surface area contributed by atoms with Crippen LogP contribution in [0.15, 0.2) is 66.5 Å². The third-order valence-corrected chi connectivity index (χ3v) is 9.71. The molecule has 2 aliphatic carbocycles. The smallest absolute Gasteiger partial charge is 0.358 e. The molecule has 1 aromatic carbocycles. The fourth-order valence-electron chi connectivity index (χ4n) is 7.74. The molecule has 272 valence electrons. The minimum atomic E-state index is -1.39. The van der Waals surface area contributed by atoms with Crippen LogP contribution in [0.5, 0.6) is 11.5 Å². The number of aromatic nitrogens is 3. The second kappa shape index (κ2) is 16.3. The van der Waals surface area contributed by atoms with Crippen molar-refractivity contribution in [2.75, 3.05) is 33.5 Å². The van der Waals surface area contributed by atoms with Crippen molar-refractivity contribution in [3.8, 4) is 11.5 Å². The number of rotatable bonds is 17. The highest BCUT2D eigenvalue weighted by atomic mass is 16.7. The van der Waals surface area contributed by atoms with Crippen LogP contribution in [0.25, 0.3) is 0 Å². The van der Waals surface area contributed by atoms with Gasteiger partial charge in [0, 0.05) is 31.1 Å². The minimum Gasteiger partial charge on any atom is -0.490 e. The molecular formula is C38H52N4O8. The number of carbonyl (C=O) groups excluding carboxylic acids is 1. The number of hydrogen-bond donors (Lipinski definition) is 2. The summed E-state index contributed by atoms with van der Waals surface area (Å²) >= 11 is 0. The van der Waals surface area contributed by atoms with Crippen molar-refractivity contribution in [3.05, 3.63) is 72.6 Å². The Morgan fingerprint density at radius 3 is 2.54 bits per heavy atom. The molecule has 0 bridgehead atoms. The van der Waals surface area contributed by atoms with Gasteiger partial charge in [0.25, 0.3) is 0 Å². The summed E-state index contributed by atoms with van der Waals surface area (Å²) in [6.07, 6.45) is 12.1. The van der Waals surface area contributed by atoms with Crippen LogP contribution in [0.4, 0.5) is 0 Å². The number of benzene rings is 1. The maximum Gasteiger partial charge on any atom is 0.358 e. The standard InChI is InChI=1S/C38H52N4O8/c1-7-19-47-26-15-16-32-29(22-26)34-27(14-10-12-18-44)25(13-9-11-17-43)21-28-30(40-50-37(3,4)5)23-33(38(49-32,35(28)34)48-20-8-2)42-31(24-39-41-42)36(45)46-6/h7-8,15-16,21-22,24-25,27,33-35,43-44H,1-2,9-14,17-20,23H2,3-6H3. The van der Waals surface area contributed by atoms with Gasteiger partial charge in [0.15, 0.2) is 5.69 Å². The van der Waals surface area contributed by atoms with E-state index in [4.69, 9.17) is 28.9 Å². The molecule has 2 N–H and O–H groups in total. The first kappa shape index (κ1) is 37.3. The van der Waals surface area contributed by atoms with Gasteiger partial charge in [0.1, 0.15) is 29.7 Å². The first-order valence-corrected chi connectivity index (χ1v) is 17.6. The summed E-state index contributed by atoms with van der Waals surface area (Å²) < 4.78 is 26.7. The Kier molecular flexibility index (Phi) is 12.2. The van der Waals surface area contributed by atoms with Gasteiger partial charge in [0.2, 0.25) is 5.79 Å². The predicted molar refractivity (Wildman–Crippen MR) is 188 cm³/mol. The van der Waals surface area contributed by atoms with E-state index in [1.165, 1.54) is 18.0 Å². The second-order valence-electron chi connectivity index (χ2n) is 14.1. The topological polar surface area (TPSA) is 147 Å². The van der Waals surface area contributed by atoms with Gasteiger partial charge in [-0.15, -0.1) is 11.7 Å². The molecule has 1 aromatic heterocycles. The highest BCUT2D eigenvalue weighted by Crippen LogP contribution is 2.63. The molecule has 6 atom stereocenters. The van der Waals surface area contributed by atoms with E-state index >= 15 is 0 Å². The maximum atomic E-state index is 13.1. The molecule has 6 unspecified atom stereocenters. The number of nitrogens with zero attached hydrogens (tertiary/aromatic N) is 4. The Morgan fingerprint density at radius 1 is 1.12 bits per heavy atom. The molecule has 12 nitrogen and oxygen atoms in total. The Morgan fingerprint density at radius 2 is 1.86 bits per heavy atom. The Bertz CT molecular complexity index is 1560. The SMILES string of the molecule is C=CCOc1ccc2c(c1)C1C(CCCCO)C(CCCCO)C=C3C(=NOC(C)(C)C)CC(n4nncc4C(=O)OC)C(OCC=C)(O2)C31. The van der Waals surface area contributed by atoms with Crippen LogP contribution < -0.4 is 9.47 Å². The summed E-state index contributed by atoms with van der Waals surface area (Å²) in [5.41, 5.74) is 2.21. The molecule has 2 heterocycles. The predicted octanol–water partition coefficient (Wildman–Crippen LogP) is 5.93. The lowest BCUT2D eigenvalue weighted by Crippen LogP contribution is -2.63. The molecule has 0 saturated heterocycles. The lowest BCUT2D eigenvalue weighted by molar-refractivity contribution is -0.252. The molecule has 1 aliphatic heterocycles. The van der Waals surface area contributed by atoms with Gasteiger partial charge in [-0.05, 0) is 82.1 Å². The fourth-order valence-corrected chi connectivity index (χ4v) is 7.74. The highest BCUT2D eigenvalue weighted by molar-refractivity contribution is 6.02. The summed E-state index contributed by atoms with van der Waals surface area (Å²) in [4.78, 5) is 19.2. The van der Waals surface area contributed by atoms with Crippen molar-refractivity contribution in [1.29, 1.82) is 0 Å². The fraction of sp³-hybridized carbons (Fsp3) is 0.579. The van der Waals surface area contributed by atoms with E-state index in [1.54, 1.807) is 12.2 Å². The zero-order valence-corrected chi connectivity index (χ0v) is 29.8. The molecule has 50 heavy (non-hydrogen) atoms. The summed E-state index contributed by atoms with van der Waals surface area (Å²) in [5, 5.41) is 32.9. The minimum absolute atomic E-state index is 0.0948. The van der Waals surface area contributed by atoms with E-state index in [9.17, 15) is 15.0 Å². The molecule has 2 aromatic rings. The van der Waals surface area contributed by atoms with Crippen LogP contribution in [0.2, 0.25) is 0 Å². The normalized spacial score (nSPS) is 26.2. The third-order valence-electron chi connectivity index (χ3n) is 9.71. The molecule has 0 radical (unpaired) electrons. The molecule has 0 spiro atoms. The number of aliphatic hydroxyl groups is 2. The average Bonchev–Trinajstić information content (AvgIpc) is 3.59. The molecule has 5 rings (SSSR count). The number of hydrogen-bond acceptors (Lipinski definition) is 11. The van der Waals surface area contributed by atoms with Gasteiger partial charge in [0.05, 0.1) is 31.5 Å². The quantitative estimate of drug-likeness (QED) is 0.0885. The van der Waals surface area contributed by atoms with Gasteiger partial charge in [-0.25, -0.2) is 9.48 Å². The van der Waals surface area contributed by atoms with Crippen LogP contribution in [0, 0.1) is 17.8 Å². The van der Waals surface area contributed by atoms with Crippen LogP contribution in [0.3, 0.4) is 0 Å². The van der Waals surface area contributed by atoms with Crippen molar-refractivity contribution in [2.45, 2.75) is 89.1 Å². The molecule has 1 saturated carbocycles. The largest absolute Gasteiger partial charge is 0.490 e. The number of esters is 1. The molecule has 1 fully saturated rings. The number of allylic oxidation sites excluding steroid dienone is 1. The van der Waals surface area contributed by atoms with Gasteiger partial charge < -0.3 is 34.0 Å². The number of methoxy groups -OCH3 is 1. The van der Waals surface area contributed by atoms with Gasteiger partial charge in [-0.2, -0.15) is 0 Å². The average molecular weight is 693 g/mol. The molecule has 3 aliphatic rings. The lowest BCUT2D eigenvalue weighted by Gasteiger charge is -2.58. The Labute approximate surface area is 294 Å². The second-order valence-corrected chi connectivity index (χ2v) is 14.1. The number of unbranched alkanes of at least 4 members (excludes halogenated alkanes) is 2. The Hall–Kier alpha value is -4.00. The van der Waals surface area contributed by atoms with Crippen LogP contribution in [-0.4, -0.2) is 81.8 Å². The van der Waals surface area contributed by atoms with E-state index < -0.39 is 29.3 Å². The molecule has 0 amide bonds. The summed E-state index contributed by atoms with van der Waals surface area (Å²) in [6.45, 7) is 14.3. The first-order chi connectivity index (χ1) is 24.1. The number of oxime groups is 1. The number of aliphatic hydroxyl groups excluding tert-OH is 2. The van der Waals surface area contributed by atoms with Crippen molar-refractivity contribution >= 4 is 11.7 Å². The highest BCUT2D eigenvalue weighted by Gasteiger charge is 2.65. The third kappa shape index (κ3) is 7.67. The van der Waals surface area contributed by atoms with E-state index in [1.807, 2.05) is 32.9 Å². The monoisotopic (exact) mass is 692 g/mol. The van der Waals surface area contributed by atoms with Crippen LogP contribution >= 0.6 is 0 Å². The maximum absolute atomic E-state index is 13.1. The van der Waals surface area contributed by atoms with E-state index in [0.717, 1.165) is 36.8 Å². The van der Waals surface area contributed by atoms with Gasteiger partial charge in [-0.3, -0.25) is 0 Å². The number of carbonyl (C=O) groups is 1. The number of ether oxygens (including phenoxy) is 4. The van der Waals surface area contributed by atoms with E-state index in [-0.39, 0.29) is 49.7 Å². The van der Waals surface area contributed by atoms with Crippen LogP contribution in [-0.2, 0) is 14.3 Å². The Balaban J connectivity index is 1.81. The number of fused-ring (bicyclic) bond motifs is 2. The van der Waals surface area contributed by atoms with Gasteiger partial charge in [-0.1, -0.05) is 48.0 Å². The first-order valence-electron chi connectivity index (χ1n) is 17.6. The van der Waals surface area contributed by atoms with E-state index in [2.05, 4.69) is 35.6 Å².